The first-order chi connectivity index (χ1) is 59.6. The van der Waals surface area contributed by atoms with Crippen LogP contribution in [0.15, 0.2) is 0 Å². The number of hydrogen-bond donors (Lipinski definition) is 7. The van der Waals surface area contributed by atoms with E-state index in [9.17, 15) is 71.9 Å². The van der Waals surface area contributed by atoms with Gasteiger partial charge in [0.25, 0.3) is 0 Å². The zero-order valence-electron chi connectivity index (χ0n) is 75.0. The Bertz CT molecular complexity index is 3280. The van der Waals surface area contributed by atoms with Crippen LogP contribution in [0, 0.1) is 18.3 Å². The molecule has 3 saturated heterocycles. The third-order valence-electron chi connectivity index (χ3n) is 19.6. The van der Waals surface area contributed by atoms with Crippen LogP contribution in [0.25, 0.3) is 0 Å². The van der Waals surface area contributed by atoms with E-state index in [-0.39, 0.29) is 142 Å². The molecule has 1 aliphatic carbocycles. The summed E-state index contributed by atoms with van der Waals surface area (Å²) in [5.41, 5.74) is -1.44. The van der Waals surface area contributed by atoms with E-state index < -0.39 is 221 Å². The number of terminal acetylenes is 1. The van der Waals surface area contributed by atoms with E-state index in [2.05, 4.69) is 75.5 Å². The molecule has 1 saturated carbocycles. The molecule has 0 radical (unpaired) electrons. The highest BCUT2D eigenvalue weighted by atomic mass is 31.2. The Morgan fingerprint density at radius 2 is 0.714 bits per heavy atom. The Balaban J connectivity index is 1.60. The molecule has 0 aromatic heterocycles. The molecule has 0 aromatic rings. The summed E-state index contributed by atoms with van der Waals surface area (Å²) in [5, 5.41) is 19.5. The molecule has 4 aliphatic rings. The Hall–Kier alpha value is -8.93. The van der Waals surface area contributed by atoms with Crippen LogP contribution in [0.4, 0.5) is 0 Å². The predicted octanol–water partition coefficient (Wildman–Crippen LogP) is 1.02. The van der Waals surface area contributed by atoms with Gasteiger partial charge in [0.15, 0.2) is 55.5 Å². The SMILES string of the molecule is C#CCCCP(OC1CCC(C(=O)NC(CCC(=O)NCCOCCOC2OC(COC(C)=O)C(OC(C)=O)C(OC(C)=O)C2NC(C)=O)(CCC(=O)NCCOCCOC2OC(COC(C)=O)C(OC(C)=O)C(OC(C)=O)C2NC(C)=O)CCC(=O)NCCOCCOC2OC(COC(C)=O)C(OC(C)=O)C(OC(C)=O)C2NC(C)=O)CC1)N(C(C)C)C(C)C. The number of unbranched alkanes of at least 4 members (excludes halogenated alkanes) is 1. The molecule has 43 nitrogen and oxygen atoms in total. The monoisotopic (exact) mass is 1820 g/mol. The van der Waals surface area contributed by atoms with Crippen molar-refractivity contribution in [2.45, 2.75) is 303 Å². The molecule has 714 valence electrons. The number of rotatable bonds is 55. The minimum Gasteiger partial charge on any atom is -0.463 e. The lowest BCUT2D eigenvalue weighted by atomic mass is 9.81. The van der Waals surface area contributed by atoms with Gasteiger partial charge in [-0.3, -0.25) is 81.4 Å². The molecule has 3 aliphatic heterocycles. The lowest BCUT2D eigenvalue weighted by molar-refractivity contribution is -0.279. The van der Waals surface area contributed by atoms with Gasteiger partial charge in [0.1, 0.15) is 64.6 Å². The second-order valence-electron chi connectivity index (χ2n) is 31.0. The van der Waals surface area contributed by atoms with Gasteiger partial charge in [-0.1, -0.05) is 0 Å². The second kappa shape index (κ2) is 57.8. The molecule has 16 unspecified atom stereocenters. The maximum atomic E-state index is 15.1. The topological polar surface area (TPSA) is 536 Å². The molecule has 4 fully saturated rings. The quantitative estimate of drug-likeness (QED) is 0.0147. The third kappa shape index (κ3) is 41.4. The normalized spacial score (nSPS) is 24.7. The summed E-state index contributed by atoms with van der Waals surface area (Å²) in [7, 11) is -1.08. The standard InChI is InChI=1S/C82H131N8O35P/c1-18-19-20-43-126(90(47(2)3)48(4)5)125-62-23-21-61(22-24-62)78(106)89-82(28-25-66(103)83-31-34-107-37-40-110-79-69(86-49(6)91)75(119-58(15)100)72(116-55(12)97)63(122-79)44-113-52(9)94,29-26-67(104)84-32-35-108-38-41-111-80-70(87-50(7)92)76(120-59(16)101)73(117-56(13)98)64(123-80)45-114-53(10)95)30-27-68(105)85-33-36-109-39-42-112-81-71(88-51(8)93)77(121-60(17)102)74(118-57(14)99)65(124-81)46-115-54(11)96/h1,47-48,61-65,69-77,79-81H,19-46H2,2-17H3,(H,83,103)(H,84,104)(H,85,105)(H,86,91)(H,87,92)(H,88,93)(H,89,106). The van der Waals surface area contributed by atoms with E-state index >= 15 is 4.79 Å². The molecular weight excluding hydrogens is 1690 g/mol. The number of ether oxygens (including phenoxy) is 18. The molecular formula is C82H131N8O35P. The van der Waals surface area contributed by atoms with Crippen LogP contribution >= 0.6 is 8.30 Å². The summed E-state index contributed by atoms with van der Waals surface area (Å²) in [6.07, 6.45) is -7.71. The highest BCUT2D eigenvalue weighted by molar-refractivity contribution is 7.50. The van der Waals surface area contributed by atoms with Gasteiger partial charge < -0.3 is 127 Å². The fourth-order valence-electron chi connectivity index (χ4n) is 14.6. The first-order valence-corrected chi connectivity index (χ1v) is 43.6. The second-order valence-corrected chi connectivity index (χ2v) is 32.8. The Morgan fingerprint density at radius 1 is 0.413 bits per heavy atom. The van der Waals surface area contributed by atoms with Crippen molar-refractivity contribution in [2.75, 3.05) is 105 Å². The zero-order valence-corrected chi connectivity index (χ0v) is 75.9. The largest absolute Gasteiger partial charge is 0.463 e. The van der Waals surface area contributed by atoms with E-state index in [1.54, 1.807) is 0 Å². The van der Waals surface area contributed by atoms with Gasteiger partial charge in [0, 0.05) is 158 Å². The maximum Gasteiger partial charge on any atom is 0.303 e. The maximum absolute atomic E-state index is 15.1. The molecule has 0 bridgehead atoms. The summed E-state index contributed by atoms with van der Waals surface area (Å²) in [6.45, 7) is 19.1. The molecule has 0 spiro atoms. The molecule has 4 rings (SSSR count). The van der Waals surface area contributed by atoms with Crippen LogP contribution in [0.1, 0.15) is 188 Å². The van der Waals surface area contributed by atoms with Crippen molar-refractivity contribution in [2.24, 2.45) is 5.92 Å². The van der Waals surface area contributed by atoms with E-state index in [0.717, 1.165) is 74.9 Å². The molecule has 0 aromatic carbocycles. The van der Waals surface area contributed by atoms with Gasteiger partial charge in [-0.15, -0.1) is 12.3 Å². The molecule has 3 heterocycles. The summed E-state index contributed by atoms with van der Waals surface area (Å²) in [6, 6.07) is -3.42. The Kier molecular flexibility index (Phi) is 50.2. The predicted molar refractivity (Wildman–Crippen MR) is 439 cm³/mol. The molecule has 44 heteroatoms. The third-order valence-corrected chi connectivity index (χ3v) is 22.3. The Labute approximate surface area is 735 Å². The summed E-state index contributed by atoms with van der Waals surface area (Å²) in [5.74, 6) is -8.46. The van der Waals surface area contributed by atoms with Gasteiger partial charge in [-0.2, -0.15) is 0 Å². The van der Waals surface area contributed by atoms with Crippen LogP contribution in [-0.2, 0) is 166 Å². The molecule has 7 N–H and O–H groups in total. The smallest absolute Gasteiger partial charge is 0.303 e. The number of esters is 9. The van der Waals surface area contributed by atoms with Crippen LogP contribution < -0.4 is 37.2 Å². The van der Waals surface area contributed by atoms with Crippen molar-refractivity contribution in [3.63, 3.8) is 0 Å². The molecule has 16 atom stereocenters. The number of nitrogens with zero attached hydrogens (tertiary/aromatic N) is 1. The van der Waals surface area contributed by atoms with Crippen molar-refractivity contribution in [3.05, 3.63) is 0 Å². The Morgan fingerprint density at radius 3 is 0.984 bits per heavy atom. The number of amides is 7. The summed E-state index contributed by atoms with van der Waals surface area (Å²) in [4.78, 5) is 205. The molecule has 7 amide bonds. The van der Waals surface area contributed by atoms with Crippen LogP contribution in [0.5, 0.6) is 0 Å². The van der Waals surface area contributed by atoms with E-state index in [4.69, 9.17) is 96.2 Å². The first kappa shape index (κ1) is 109. The number of hydrogen-bond acceptors (Lipinski definition) is 36. The molecule has 126 heavy (non-hydrogen) atoms. The first-order valence-electron chi connectivity index (χ1n) is 42.2. The van der Waals surface area contributed by atoms with E-state index in [0.29, 0.717) is 32.1 Å². The highest BCUT2D eigenvalue weighted by Crippen LogP contribution is 2.49. The summed E-state index contributed by atoms with van der Waals surface area (Å²) < 4.78 is 111. The summed E-state index contributed by atoms with van der Waals surface area (Å²) >= 11 is 0. The van der Waals surface area contributed by atoms with Gasteiger partial charge in [0.2, 0.25) is 41.4 Å². The van der Waals surface area contributed by atoms with Gasteiger partial charge in [-0.25, -0.2) is 0 Å². The van der Waals surface area contributed by atoms with Crippen molar-refractivity contribution >= 4 is 103 Å². The fourth-order valence-corrected chi connectivity index (χ4v) is 17.0. The van der Waals surface area contributed by atoms with Crippen LogP contribution in [0.2, 0.25) is 0 Å². The average molecular weight is 1820 g/mol. The van der Waals surface area contributed by atoms with Gasteiger partial charge in [0.05, 0.1) is 65.6 Å². The fraction of sp³-hybridized carbons (Fsp3) is 0.780. The number of carbonyl (C=O) groups is 16. The lowest BCUT2D eigenvalue weighted by Gasteiger charge is -2.44. The average Bonchev–Trinajstić information content (AvgIpc) is 0.799. The number of nitrogens with one attached hydrogen (secondary N) is 7. The zero-order chi connectivity index (χ0) is 93.8. The minimum absolute atomic E-state index is 0.0657. The van der Waals surface area contributed by atoms with Crippen molar-refractivity contribution in [1.29, 1.82) is 0 Å². The van der Waals surface area contributed by atoms with Crippen molar-refractivity contribution in [1.82, 2.24) is 41.9 Å². The van der Waals surface area contributed by atoms with Crippen molar-refractivity contribution in [3.8, 4) is 12.3 Å². The van der Waals surface area contributed by atoms with Gasteiger partial charge in [-0.05, 0) is 79.1 Å². The van der Waals surface area contributed by atoms with Gasteiger partial charge >= 0.3 is 53.7 Å². The van der Waals surface area contributed by atoms with E-state index in [1.165, 1.54) is 20.8 Å². The highest BCUT2D eigenvalue weighted by Gasteiger charge is 2.55. The van der Waals surface area contributed by atoms with E-state index in [1.807, 2.05) is 0 Å². The lowest BCUT2D eigenvalue weighted by Crippen LogP contribution is -2.66. The van der Waals surface area contributed by atoms with Crippen LogP contribution in [0.3, 0.4) is 0 Å². The minimum atomic E-state index is -1.44. The van der Waals surface area contributed by atoms with Crippen molar-refractivity contribution < 1.29 is 166 Å². The van der Waals surface area contributed by atoms with Crippen LogP contribution in [-0.4, -0.2) is 320 Å². The number of carbonyl (C=O) groups excluding carboxylic acids is 16.